The van der Waals surface area contributed by atoms with E-state index in [1.54, 1.807) is 0 Å². The molecule has 1 amide bonds. The highest BCUT2D eigenvalue weighted by Gasteiger charge is 2.19. The van der Waals surface area contributed by atoms with Crippen molar-refractivity contribution >= 4 is 5.91 Å². The lowest BCUT2D eigenvalue weighted by molar-refractivity contribution is -0.132. The number of hydrogen-bond donors (Lipinski definition) is 0. The first-order valence-electron chi connectivity index (χ1n) is 6.54. The molecule has 0 bridgehead atoms. The third kappa shape index (κ3) is 4.48. The van der Waals surface area contributed by atoms with E-state index in [2.05, 4.69) is 16.4 Å². The number of amides is 1. The van der Waals surface area contributed by atoms with Gasteiger partial charge in [0.25, 0.3) is 0 Å². The second-order valence-corrected chi connectivity index (χ2v) is 4.43. The minimum atomic E-state index is 0.257. The third-order valence-corrected chi connectivity index (χ3v) is 3.33. The van der Waals surface area contributed by atoms with Crippen LogP contribution in [0.5, 0.6) is 0 Å². The molecule has 0 radical (unpaired) electrons. The molecule has 0 aromatic heterocycles. The molecule has 1 rings (SSSR count). The number of carbonyl (C=O) groups is 1. The fourth-order valence-electron chi connectivity index (χ4n) is 2.18. The third-order valence-electron chi connectivity index (χ3n) is 3.33. The molecule has 0 aliphatic carbocycles. The van der Waals surface area contributed by atoms with Crippen LogP contribution in [-0.2, 0) is 4.79 Å². The zero-order valence-electron chi connectivity index (χ0n) is 11.2. The highest BCUT2D eigenvalue weighted by atomic mass is 16.2. The topological polar surface area (TPSA) is 26.8 Å². The van der Waals surface area contributed by atoms with Gasteiger partial charge in [0, 0.05) is 45.8 Å². The van der Waals surface area contributed by atoms with E-state index in [-0.39, 0.29) is 5.91 Å². The summed E-state index contributed by atoms with van der Waals surface area (Å²) in [6.45, 7) is 15.0. The Labute approximate surface area is 105 Å². The second kappa shape index (κ2) is 7.45. The van der Waals surface area contributed by atoms with Crippen LogP contribution in [0.3, 0.4) is 0 Å². The molecule has 0 N–H and O–H groups in total. The number of likely N-dealkylation sites (N-methyl/N-ethyl adjacent to an activating group) is 1. The van der Waals surface area contributed by atoms with E-state index in [1.165, 1.54) is 0 Å². The Morgan fingerprint density at radius 2 is 1.71 bits per heavy atom. The number of nitrogens with zero attached hydrogens (tertiary/aromatic N) is 3. The molecule has 0 saturated carbocycles. The zero-order valence-corrected chi connectivity index (χ0v) is 11.2. The highest BCUT2D eigenvalue weighted by Crippen LogP contribution is 2.02. The summed E-state index contributed by atoms with van der Waals surface area (Å²) in [6, 6.07) is 0. The molecular weight excluding hydrogens is 214 g/mol. The van der Waals surface area contributed by atoms with E-state index in [4.69, 9.17) is 0 Å². The van der Waals surface area contributed by atoms with Crippen molar-refractivity contribution in [1.82, 2.24) is 14.7 Å². The van der Waals surface area contributed by atoms with Crippen molar-refractivity contribution in [2.45, 2.75) is 13.8 Å². The van der Waals surface area contributed by atoms with Gasteiger partial charge in [0.1, 0.15) is 0 Å². The van der Waals surface area contributed by atoms with Gasteiger partial charge in [-0.15, -0.1) is 6.58 Å². The maximum Gasteiger partial charge on any atom is 0.236 e. The Morgan fingerprint density at radius 1 is 1.18 bits per heavy atom. The van der Waals surface area contributed by atoms with Gasteiger partial charge in [-0.25, -0.2) is 0 Å². The van der Waals surface area contributed by atoms with Gasteiger partial charge >= 0.3 is 0 Å². The van der Waals surface area contributed by atoms with Crippen molar-refractivity contribution in [2.24, 2.45) is 0 Å². The van der Waals surface area contributed by atoms with Crippen molar-refractivity contribution in [3.8, 4) is 0 Å². The molecule has 0 unspecified atom stereocenters. The zero-order chi connectivity index (χ0) is 12.7. The van der Waals surface area contributed by atoms with E-state index in [0.29, 0.717) is 6.54 Å². The van der Waals surface area contributed by atoms with Crippen molar-refractivity contribution < 1.29 is 4.79 Å². The molecular formula is C13H25N3O. The highest BCUT2D eigenvalue weighted by molar-refractivity contribution is 5.78. The summed E-state index contributed by atoms with van der Waals surface area (Å²) in [5.41, 5.74) is 0. The molecule has 1 heterocycles. The number of piperazine rings is 1. The normalized spacial score (nSPS) is 18.0. The number of rotatable bonds is 6. The number of hydrogen-bond acceptors (Lipinski definition) is 3. The maximum absolute atomic E-state index is 11.9. The Kier molecular flexibility index (Phi) is 6.22. The second-order valence-electron chi connectivity index (χ2n) is 4.43. The molecule has 1 aliphatic heterocycles. The van der Waals surface area contributed by atoms with Gasteiger partial charge in [-0.3, -0.25) is 14.6 Å². The van der Waals surface area contributed by atoms with E-state index in [0.717, 1.165) is 45.8 Å². The first-order chi connectivity index (χ1) is 8.21. The molecule has 4 heteroatoms. The Hall–Kier alpha value is -0.870. The minimum absolute atomic E-state index is 0.257. The van der Waals surface area contributed by atoms with Crippen molar-refractivity contribution in [3.05, 3.63) is 12.7 Å². The van der Waals surface area contributed by atoms with Crippen LogP contribution < -0.4 is 0 Å². The van der Waals surface area contributed by atoms with E-state index in [9.17, 15) is 4.79 Å². The van der Waals surface area contributed by atoms with Crippen molar-refractivity contribution in [2.75, 3.05) is 52.4 Å². The monoisotopic (exact) mass is 239 g/mol. The van der Waals surface area contributed by atoms with Crippen molar-refractivity contribution in [3.63, 3.8) is 0 Å². The molecule has 0 spiro atoms. The molecule has 0 aromatic carbocycles. The smallest absolute Gasteiger partial charge is 0.236 e. The van der Waals surface area contributed by atoms with Gasteiger partial charge in [-0.2, -0.15) is 0 Å². The van der Waals surface area contributed by atoms with E-state index in [1.807, 2.05) is 24.8 Å². The van der Waals surface area contributed by atoms with Gasteiger partial charge in [-0.1, -0.05) is 6.08 Å². The van der Waals surface area contributed by atoms with Crippen LogP contribution in [0.4, 0.5) is 0 Å². The molecule has 17 heavy (non-hydrogen) atoms. The summed E-state index contributed by atoms with van der Waals surface area (Å²) < 4.78 is 0. The summed E-state index contributed by atoms with van der Waals surface area (Å²) in [6.07, 6.45) is 1.94. The first kappa shape index (κ1) is 14.2. The van der Waals surface area contributed by atoms with Gasteiger partial charge in [0.15, 0.2) is 0 Å². The van der Waals surface area contributed by atoms with Crippen LogP contribution in [0.1, 0.15) is 13.8 Å². The van der Waals surface area contributed by atoms with Crippen molar-refractivity contribution in [1.29, 1.82) is 0 Å². The maximum atomic E-state index is 11.9. The average molecular weight is 239 g/mol. The van der Waals surface area contributed by atoms with Gasteiger partial charge in [-0.05, 0) is 13.8 Å². The van der Waals surface area contributed by atoms with Crippen LogP contribution in [0.25, 0.3) is 0 Å². The van der Waals surface area contributed by atoms with Gasteiger partial charge in [0.05, 0.1) is 6.54 Å². The summed E-state index contributed by atoms with van der Waals surface area (Å²) in [5, 5.41) is 0. The molecule has 1 fully saturated rings. The summed E-state index contributed by atoms with van der Waals surface area (Å²) >= 11 is 0. The lowest BCUT2D eigenvalue weighted by Crippen LogP contribution is -2.50. The molecule has 0 atom stereocenters. The van der Waals surface area contributed by atoms with Gasteiger partial charge in [0.2, 0.25) is 5.91 Å². The van der Waals surface area contributed by atoms with Crippen LogP contribution in [-0.4, -0.2) is 73.0 Å². The molecule has 0 aromatic rings. The predicted octanol–water partition coefficient (Wildman–Crippen LogP) is 0.658. The van der Waals surface area contributed by atoms with Gasteiger partial charge < -0.3 is 4.90 Å². The van der Waals surface area contributed by atoms with Crippen LogP contribution in [0.15, 0.2) is 12.7 Å². The summed E-state index contributed by atoms with van der Waals surface area (Å²) in [4.78, 5) is 18.5. The fourth-order valence-corrected chi connectivity index (χ4v) is 2.18. The molecule has 98 valence electrons. The standard InChI is InChI=1S/C13H25N3O/c1-4-7-14-8-10-15(11-9-14)12-13(17)16(5-2)6-3/h4H,1,5-12H2,2-3H3. The Bertz CT molecular complexity index is 243. The fraction of sp³-hybridized carbons (Fsp3) is 0.769. The predicted molar refractivity (Wildman–Crippen MR) is 71.0 cm³/mol. The number of carbonyl (C=O) groups excluding carboxylic acids is 1. The van der Waals surface area contributed by atoms with E-state index >= 15 is 0 Å². The first-order valence-corrected chi connectivity index (χ1v) is 6.54. The summed E-state index contributed by atoms with van der Waals surface area (Å²) in [5.74, 6) is 0.257. The lowest BCUT2D eigenvalue weighted by atomic mass is 10.3. The Balaban J connectivity index is 2.30. The molecule has 1 saturated heterocycles. The van der Waals surface area contributed by atoms with E-state index < -0.39 is 0 Å². The SMILES string of the molecule is C=CCN1CCN(CC(=O)N(CC)CC)CC1. The minimum Gasteiger partial charge on any atom is -0.342 e. The summed E-state index contributed by atoms with van der Waals surface area (Å²) in [7, 11) is 0. The largest absolute Gasteiger partial charge is 0.342 e. The average Bonchev–Trinajstić information content (AvgIpc) is 2.33. The lowest BCUT2D eigenvalue weighted by Gasteiger charge is -2.34. The quantitative estimate of drug-likeness (QED) is 0.637. The Morgan fingerprint density at radius 3 is 2.18 bits per heavy atom. The molecule has 1 aliphatic rings. The van der Waals surface area contributed by atoms with Crippen LogP contribution in [0, 0.1) is 0 Å². The molecule has 4 nitrogen and oxygen atoms in total. The van der Waals surface area contributed by atoms with Crippen LogP contribution >= 0.6 is 0 Å². The van der Waals surface area contributed by atoms with Crippen LogP contribution in [0.2, 0.25) is 0 Å².